The predicted octanol–water partition coefficient (Wildman–Crippen LogP) is 6.90. The molecule has 0 aliphatic carbocycles. The van der Waals surface area contributed by atoms with E-state index < -0.39 is 12.1 Å². The number of nitrogens with one attached hydrogen (secondary N) is 1. The van der Waals surface area contributed by atoms with Crippen LogP contribution in [0.4, 0.5) is 0 Å². The fourth-order valence-corrected chi connectivity index (χ4v) is 9.31. The Kier molecular flexibility index (Phi) is 13.5. The number of phenolic OH excluding ortho intramolecular Hbond substituents is 2. The summed E-state index contributed by atoms with van der Waals surface area (Å²) in [6.07, 6.45) is 13.0. The zero-order chi connectivity index (χ0) is 35.7. The van der Waals surface area contributed by atoms with Crippen LogP contribution in [0.1, 0.15) is 124 Å². The van der Waals surface area contributed by atoms with Crippen LogP contribution < -0.4 is 19.5 Å². The fourth-order valence-electron chi connectivity index (χ4n) is 9.31. The second kappa shape index (κ2) is 17.3. The van der Waals surface area contributed by atoms with Crippen LogP contribution in [-0.2, 0) is 17.6 Å². The molecule has 6 rings (SSSR count). The molecule has 275 valence electrons. The van der Waals surface area contributed by atoms with Crippen LogP contribution in [0.5, 0.6) is 28.7 Å². The van der Waals surface area contributed by atoms with Crippen molar-refractivity contribution < 1.29 is 73.3 Å². The first-order valence-electron chi connectivity index (χ1n) is 18.8. The molecule has 2 aromatic carbocycles. The summed E-state index contributed by atoms with van der Waals surface area (Å²) in [6, 6.07) is 3.00. The Morgan fingerprint density at radius 3 is 2.35 bits per heavy atom. The second-order valence-corrected chi connectivity index (χ2v) is 15.0. The summed E-state index contributed by atoms with van der Waals surface area (Å²) in [7, 11) is 3.59. The number of aryl methyl sites for hydroxylation is 1. The maximum absolute atomic E-state index is 13.6. The van der Waals surface area contributed by atoms with E-state index in [-0.39, 0.29) is 98.8 Å². The molecule has 1 saturated heterocycles. The Labute approximate surface area is 339 Å². The molecule has 2 bridgehead atoms. The summed E-state index contributed by atoms with van der Waals surface area (Å²) in [5, 5.41) is 37.5. The predicted molar refractivity (Wildman–Crippen MR) is 192 cm³/mol. The molecule has 4 heterocycles. The summed E-state index contributed by atoms with van der Waals surface area (Å²) >= 11 is 0. The number of methoxy groups -OCH3 is 1. The van der Waals surface area contributed by atoms with E-state index in [0.717, 1.165) is 47.1 Å². The van der Waals surface area contributed by atoms with Gasteiger partial charge in [0.1, 0.15) is 11.8 Å². The van der Waals surface area contributed by atoms with Crippen LogP contribution >= 0.6 is 0 Å². The number of nitrogens with zero attached hydrogens (tertiary/aromatic N) is 3. The van der Waals surface area contributed by atoms with Crippen molar-refractivity contribution in [3.63, 3.8) is 0 Å². The molecule has 2 unspecified atom stereocenters. The summed E-state index contributed by atoms with van der Waals surface area (Å²) in [4.78, 5) is 18.1. The number of benzene rings is 2. The smallest absolute Gasteiger partial charge is 0.231 e. The Hall–Kier alpha value is -2.24. The third-order valence-electron chi connectivity index (χ3n) is 11.9. The topological polar surface area (TPSA) is 128 Å². The number of carbonyl (C=O) groups is 1. The van der Waals surface area contributed by atoms with Crippen molar-refractivity contribution >= 4 is 5.91 Å². The molecule has 4 aliphatic rings. The molecule has 3 N–H and O–H groups in total. The van der Waals surface area contributed by atoms with Crippen molar-refractivity contribution in [1.29, 1.82) is 5.26 Å². The van der Waals surface area contributed by atoms with Gasteiger partial charge >= 0.3 is 0 Å². The van der Waals surface area contributed by atoms with E-state index in [4.69, 9.17) is 14.2 Å². The zero-order valence-electron chi connectivity index (χ0n) is 31.4. The van der Waals surface area contributed by atoms with Crippen LogP contribution in [0.15, 0.2) is 6.07 Å². The number of fused-ring (bicyclic) bond motifs is 9. The van der Waals surface area contributed by atoms with E-state index >= 15 is 0 Å². The molecule has 0 aromatic heterocycles. The molecule has 6 atom stereocenters. The molecule has 10 nitrogen and oxygen atoms in total. The van der Waals surface area contributed by atoms with Gasteiger partial charge in [0.25, 0.3) is 0 Å². The van der Waals surface area contributed by atoms with Gasteiger partial charge in [0.15, 0.2) is 23.0 Å². The number of carbonyl (C=O) groups excluding carboxylic acids is 1. The molecule has 0 spiro atoms. The van der Waals surface area contributed by atoms with E-state index in [1.165, 1.54) is 44.9 Å². The van der Waals surface area contributed by atoms with Crippen LogP contribution in [0.2, 0.25) is 0 Å². The van der Waals surface area contributed by atoms with Crippen molar-refractivity contribution in [3.8, 4) is 34.8 Å². The number of aromatic hydroxyl groups is 2. The number of hydrogen-bond donors (Lipinski definition) is 3. The van der Waals surface area contributed by atoms with E-state index in [1.54, 1.807) is 7.11 Å². The number of unbranched alkanes of at least 4 members (excludes halogenated alkanes) is 8. The van der Waals surface area contributed by atoms with Crippen molar-refractivity contribution in [2.75, 3.05) is 27.5 Å². The summed E-state index contributed by atoms with van der Waals surface area (Å²) in [6.45, 7) is 8.29. The van der Waals surface area contributed by atoms with Gasteiger partial charge in [0, 0.05) is 90.9 Å². The first-order valence-corrected chi connectivity index (χ1v) is 18.8. The molecule has 1 fully saturated rings. The maximum Gasteiger partial charge on any atom is 0.231 e. The van der Waals surface area contributed by atoms with Gasteiger partial charge < -0.3 is 29.7 Å². The molecule has 51 heavy (non-hydrogen) atoms. The molecule has 1 amide bonds. The van der Waals surface area contributed by atoms with Crippen LogP contribution in [-0.4, -0.2) is 71.5 Å². The number of hydrogen-bond acceptors (Lipinski definition) is 9. The van der Waals surface area contributed by atoms with E-state index in [0.29, 0.717) is 35.7 Å². The van der Waals surface area contributed by atoms with Gasteiger partial charge in [-0.25, -0.2) is 0 Å². The van der Waals surface area contributed by atoms with Crippen LogP contribution in [0, 0.1) is 75.2 Å². The summed E-state index contributed by atoms with van der Waals surface area (Å²) in [5.41, 5.74) is 4.80. The van der Waals surface area contributed by atoms with Crippen molar-refractivity contribution in [1.82, 2.24) is 15.1 Å². The van der Waals surface area contributed by atoms with E-state index in [1.807, 2.05) is 27.8 Å². The number of rotatable bonds is 14. The number of piperazine rings is 1. The minimum absolute atomic E-state index is 0. The number of nitriles is 1. The second-order valence-electron chi connectivity index (χ2n) is 15.0. The quantitative estimate of drug-likeness (QED) is 0.174. The van der Waals surface area contributed by atoms with Gasteiger partial charge in [-0.2, -0.15) is 5.26 Å². The minimum atomic E-state index is -0.519. The minimum Gasteiger partial charge on any atom is -0.507 e. The average molecular weight is 916 g/mol. The molecule has 2 aromatic rings. The molecule has 1 radical (unpaired) electrons. The molecule has 0 saturated carbocycles. The van der Waals surface area contributed by atoms with Gasteiger partial charge in [0.2, 0.25) is 12.7 Å². The standard InChI is InChI=1S/C40H56N4O6.Ac/c1-7-8-9-10-11-12-13-14-15-16-23(2)40(47)42-21-31-33-27(35(45)25(4)38-39(33)50-22-49-38)19-29-34-32-26(17-24(3)37(48-6)36(32)46)18-28(43(34)5)30(20-41)44(29)31;/h17,23,28-31,34,45-46H,7-16,18-19,21-22H2,1-6H3,(H,42,47);/t23?,28-,29?,30-,31-,34-;/m0./s1. The normalized spacial score (nSPS) is 23.7. The molecular weight excluding hydrogens is 859 g/mol. The summed E-state index contributed by atoms with van der Waals surface area (Å²) < 4.78 is 17.6. The van der Waals surface area contributed by atoms with Gasteiger partial charge in [-0.05, 0) is 51.3 Å². The molecular formula is C40H56AcN4O6. The number of likely N-dealkylation sites (N-methyl/N-ethyl adjacent to an activating group) is 1. The van der Waals surface area contributed by atoms with Gasteiger partial charge in [-0.15, -0.1) is 0 Å². The SMILES string of the molecule is CCCCCCCCCCCC(C)C(=O)NC[C@H]1c2c(c(O)c(C)c3c2OCO3)CC2[C@H]3c4c(cc(C)c(OC)c4O)C[C@@H]([C@H](C#N)N21)N3C.[Ac]. The van der Waals surface area contributed by atoms with Gasteiger partial charge in [0.05, 0.1) is 25.3 Å². The fraction of sp³-hybridized carbons (Fsp3) is 0.650. The van der Waals surface area contributed by atoms with Crippen molar-refractivity contribution in [2.24, 2.45) is 5.92 Å². The number of amides is 1. The van der Waals surface area contributed by atoms with E-state index in [2.05, 4.69) is 34.2 Å². The largest absolute Gasteiger partial charge is 0.507 e. The first-order chi connectivity index (χ1) is 24.1. The number of ether oxygens (including phenoxy) is 3. The van der Waals surface area contributed by atoms with Crippen molar-refractivity contribution in [2.45, 2.75) is 135 Å². The van der Waals surface area contributed by atoms with Crippen molar-refractivity contribution in [3.05, 3.63) is 39.4 Å². The Balaban J connectivity index is 0.00000504. The average Bonchev–Trinajstić information content (AvgIpc) is 3.59. The van der Waals surface area contributed by atoms with E-state index in [9.17, 15) is 20.3 Å². The van der Waals surface area contributed by atoms with Crippen LogP contribution in [0.3, 0.4) is 0 Å². The molecule has 11 heteroatoms. The Morgan fingerprint density at radius 1 is 1.02 bits per heavy atom. The summed E-state index contributed by atoms with van der Waals surface area (Å²) in [5.74, 6) is 1.67. The molecule has 4 aliphatic heterocycles. The first kappa shape index (κ1) is 40.0. The number of phenols is 2. The van der Waals surface area contributed by atoms with Crippen LogP contribution in [0.25, 0.3) is 0 Å². The monoisotopic (exact) mass is 915 g/mol. The Morgan fingerprint density at radius 2 is 1.69 bits per heavy atom. The third-order valence-corrected chi connectivity index (χ3v) is 11.9. The maximum atomic E-state index is 13.6. The third kappa shape index (κ3) is 7.46. The van der Waals surface area contributed by atoms with Gasteiger partial charge in [-0.3, -0.25) is 14.6 Å². The Bertz CT molecular complexity index is 1630. The zero-order valence-corrected chi connectivity index (χ0v) is 36.1. The van der Waals surface area contributed by atoms with Gasteiger partial charge in [-0.1, -0.05) is 77.7 Å².